The number of aromatic nitrogens is 3. The van der Waals surface area contributed by atoms with Gasteiger partial charge in [-0.3, -0.25) is 14.5 Å². The summed E-state index contributed by atoms with van der Waals surface area (Å²) in [5, 5.41) is 15.2. The van der Waals surface area contributed by atoms with E-state index in [1.54, 1.807) is 19.2 Å². The van der Waals surface area contributed by atoms with Gasteiger partial charge in [0.25, 0.3) is 5.91 Å². The van der Waals surface area contributed by atoms with Crippen molar-refractivity contribution in [1.82, 2.24) is 24.8 Å². The first kappa shape index (κ1) is 26.1. The summed E-state index contributed by atoms with van der Waals surface area (Å²) >= 11 is 0. The molecule has 40 heavy (non-hydrogen) atoms. The number of carbonyl (C=O) groups excluding carboxylic acids is 1. The van der Waals surface area contributed by atoms with E-state index in [0.717, 1.165) is 30.5 Å². The van der Waals surface area contributed by atoms with E-state index in [4.69, 9.17) is 14.6 Å². The van der Waals surface area contributed by atoms with Gasteiger partial charge < -0.3 is 25.0 Å². The standard InChI is InChI=1S/C29H33N7O4/c1-39-23-18-21(28(38)35-12-10-34(11-13-35)14-15-37)17-22(19-23)31-29-32-26-24(7-9-30-26)27(33-29)36-25(8-16-40-36)20-5-3-2-4-6-20/h2-7,9,17-19,25,37H,8,10-16H2,1H3,(H2,30,31,32,33)/t25-/m0/s1. The van der Waals surface area contributed by atoms with Crippen LogP contribution in [0.4, 0.5) is 17.5 Å². The summed E-state index contributed by atoms with van der Waals surface area (Å²) in [4.78, 5) is 36.2. The second-order valence-electron chi connectivity index (χ2n) is 9.92. The first-order valence-electron chi connectivity index (χ1n) is 13.5. The zero-order valence-corrected chi connectivity index (χ0v) is 22.4. The van der Waals surface area contributed by atoms with Gasteiger partial charge in [-0.2, -0.15) is 9.97 Å². The second kappa shape index (κ2) is 11.5. The molecular weight excluding hydrogens is 510 g/mol. The highest BCUT2D eigenvalue weighted by atomic mass is 16.7. The van der Waals surface area contributed by atoms with Gasteiger partial charge >= 0.3 is 0 Å². The van der Waals surface area contributed by atoms with Gasteiger partial charge in [0.2, 0.25) is 5.95 Å². The molecule has 11 nitrogen and oxygen atoms in total. The van der Waals surface area contributed by atoms with Crippen molar-refractivity contribution >= 4 is 34.4 Å². The minimum Gasteiger partial charge on any atom is -0.497 e. The van der Waals surface area contributed by atoms with Crippen LogP contribution in [0.15, 0.2) is 60.8 Å². The van der Waals surface area contributed by atoms with Gasteiger partial charge in [0.05, 0.1) is 31.8 Å². The van der Waals surface area contributed by atoms with E-state index in [-0.39, 0.29) is 18.6 Å². The van der Waals surface area contributed by atoms with Crippen LogP contribution in [-0.2, 0) is 4.84 Å². The lowest BCUT2D eigenvalue weighted by atomic mass is 10.0. The highest BCUT2D eigenvalue weighted by Crippen LogP contribution is 2.38. The predicted octanol–water partition coefficient (Wildman–Crippen LogP) is 3.34. The van der Waals surface area contributed by atoms with Crippen LogP contribution in [0.2, 0.25) is 0 Å². The molecule has 1 atom stereocenters. The maximum Gasteiger partial charge on any atom is 0.254 e. The largest absolute Gasteiger partial charge is 0.497 e. The Labute approximate surface area is 232 Å². The number of hydroxylamine groups is 1. The molecule has 0 unspecified atom stereocenters. The van der Waals surface area contributed by atoms with Crippen LogP contribution in [0, 0.1) is 0 Å². The van der Waals surface area contributed by atoms with Crippen LogP contribution in [0.5, 0.6) is 5.75 Å². The van der Waals surface area contributed by atoms with Gasteiger partial charge in [-0.1, -0.05) is 30.3 Å². The lowest BCUT2D eigenvalue weighted by Crippen LogP contribution is -2.49. The molecule has 2 aliphatic rings. The molecule has 0 bridgehead atoms. The number of carbonyl (C=O) groups is 1. The Balaban J connectivity index is 1.28. The van der Waals surface area contributed by atoms with Gasteiger partial charge in [0, 0.05) is 62.7 Å². The number of rotatable bonds is 8. The number of nitrogens with zero attached hydrogens (tertiary/aromatic N) is 5. The third kappa shape index (κ3) is 5.31. The summed E-state index contributed by atoms with van der Waals surface area (Å²) in [6.07, 6.45) is 2.68. The first-order valence-corrected chi connectivity index (χ1v) is 13.5. The van der Waals surface area contributed by atoms with Crippen LogP contribution >= 0.6 is 0 Å². The van der Waals surface area contributed by atoms with Crippen molar-refractivity contribution in [2.45, 2.75) is 12.5 Å². The number of benzene rings is 2. The van der Waals surface area contributed by atoms with Gasteiger partial charge in [-0.05, 0) is 23.8 Å². The number of hydrogen-bond acceptors (Lipinski definition) is 9. The molecule has 2 aromatic heterocycles. The number of piperazine rings is 1. The zero-order chi connectivity index (χ0) is 27.5. The van der Waals surface area contributed by atoms with Crippen LogP contribution in [0.3, 0.4) is 0 Å². The molecular formula is C29H33N7O4. The van der Waals surface area contributed by atoms with Crippen molar-refractivity contribution in [3.63, 3.8) is 0 Å². The quantitative estimate of drug-likeness (QED) is 0.307. The molecule has 4 heterocycles. The Hall–Kier alpha value is -4.19. The van der Waals surface area contributed by atoms with E-state index in [1.807, 2.05) is 46.5 Å². The second-order valence-corrected chi connectivity index (χ2v) is 9.92. The van der Waals surface area contributed by atoms with Crippen LogP contribution < -0.4 is 15.1 Å². The molecule has 2 saturated heterocycles. The van der Waals surface area contributed by atoms with Crippen molar-refractivity contribution in [1.29, 1.82) is 0 Å². The van der Waals surface area contributed by atoms with E-state index >= 15 is 0 Å². The Bertz CT molecular complexity index is 1470. The van der Waals surface area contributed by atoms with Crippen molar-refractivity contribution in [2.75, 3.05) is 63.4 Å². The maximum atomic E-state index is 13.4. The topological polar surface area (TPSA) is 119 Å². The number of aliphatic hydroxyl groups excluding tert-OH is 1. The Morgan fingerprint density at radius 3 is 2.73 bits per heavy atom. The number of H-pyrrole nitrogens is 1. The Kier molecular flexibility index (Phi) is 7.49. The molecule has 4 aromatic rings. The highest BCUT2D eigenvalue weighted by molar-refractivity contribution is 5.96. The number of ether oxygens (including phenoxy) is 1. The van der Waals surface area contributed by atoms with Gasteiger partial charge in [0.1, 0.15) is 11.4 Å². The van der Waals surface area contributed by atoms with E-state index in [2.05, 4.69) is 32.3 Å². The Morgan fingerprint density at radius 2 is 1.95 bits per heavy atom. The molecule has 2 aliphatic heterocycles. The monoisotopic (exact) mass is 543 g/mol. The normalized spacial score (nSPS) is 17.9. The third-order valence-electron chi connectivity index (χ3n) is 7.41. The minimum absolute atomic E-state index is 0.0286. The third-order valence-corrected chi connectivity index (χ3v) is 7.41. The lowest BCUT2D eigenvalue weighted by Gasteiger charge is -2.34. The smallest absolute Gasteiger partial charge is 0.254 e. The molecule has 0 spiro atoms. The molecule has 2 aromatic carbocycles. The van der Waals surface area contributed by atoms with E-state index in [1.165, 1.54) is 0 Å². The fourth-order valence-corrected chi connectivity index (χ4v) is 5.35. The van der Waals surface area contributed by atoms with Gasteiger partial charge in [-0.15, -0.1) is 0 Å². The first-order chi connectivity index (χ1) is 19.6. The molecule has 2 fully saturated rings. The number of hydrogen-bond donors (Lipinski definition) is 3. The molecule has 1 amide bonds. The van der Waals surface area contributed by atoms with E-state index in [9.17, 15) is 9.90 Å². The molecule has 11 heteroatoms. The summed E-state index contributed by atoms with van der Waals surface area (Å²) in [6.45, 7) is 4.01. The number of β-amino-alcohol motifs (C(OH)–C–C–N with tert-alkyl or cyclic N) is 1. The van der Waals surface area contributed by atoms with Crippen molar-refractivity contribution in [2.24, 2.45) is 0 Å². The van der Waals surface area contributed by atoms with Gasteiger partial charge in [0.15, 0.2) is 5.82 Å². The lowest BCUT2D eigenvalue weighted by molar-refractivity contribution is 0.0614. The van der Waals surface area contributed by atoms with Crippen LogP contribution in [0.1, 0.15) is 28.4 Å². The fraction of sp³-hybridized carbons (Fsp3) is 0.345. The summed E-state index contributed by atoms with van der Waals surface area (Å²) in [6, 6.07) is 17.6. The number of amides is 1. The summed E-state index contributed by atoms with van der Waals surface area (Å²) in [7, 11) is 1.58. The van der Waals surface area contributed by atoms with Crippen molar-refractivity contribution < 1.29 is 19.5 Å². The average molecular weight is 544 g/mol. The minimum atomic E-state index is -0.0665. The number of nitrogens with one attached hydrogen (secondary N) is 2. The van der Waals surface area contributed by atoms with Crippen molar-refractivity contribution in [3.05, 3.63) is 71.9 Å². The number of anilines is 3. The highest BCUT2D eigenvalue weighted by Gasteiger charge is 2.31. The van der Waals surface area contributed by atoms with Gasteiger partial charge in [-0.25, -0.2) is 5.06 Å². The molecule has 0 saturated carbocycles. The van der Waals surface area contributed by atoms with Crippen LogP contribution in [-0.4, -0.2) is 88.8 Å². The number of aliphatic hydroxyl groups is 1. The van der Waals surface area contributed by atoms with E-state index in [0.29, 0.717) is 60.7 Å². The van der Waals surface area contributed by atoms with Crippen molar-refractivity contribution in [3.8, 4) is 5.75 Å². The number of fused-ring (bicyclic) bond motifs is 1. The maximum absolute atomic E-state index is 13.4. The Morgan fingerprint density at radius 1 is 1.12 bits per heavy atom. The zero-order valence-electron chi connectivity index (χ0n) is 22.4. The molecule has 0 radical (unpaired) electrons. The average Bonchev–Trinajstić information content (AvgIpc) is 3.67. The fourth-order valence-electron chi connectivity index (χ4n) is 5.35. The molecule has 0 aliphatic carbocycles. The SMILES string of the molecule is COc1cc(Nc2nc(N3OCC[C@H]3c3ccccc3)c3cc[nH]c3n2)cc(C(=O)N2CCN(CCO)CC2)c1. The number of aromatic amines is 1. The summed E-state index contributed by atoms with van der Waals surface area (Å²) < 4.78 is 5.52. The van der Waals surface area contributed by atoms with E-state index < -0.39 is 0 Å². The number of methoxy groups -OCH3 is 1. The summed E-state index contributed by atoms with van der Waals surface area (Å²) in [5.41, 5.74) is 2.99. The summed E-state index contributed by atoms with van der Waals surface area (Å²) in [5.74, 6) is 1.53. The molecule has 3 N–H and O–H groups in total. The molecule has 6 rings (SSSR count). The molecule has 208 valence electrons. The van der Waals surface area contributed by atoms with Crippen LogP contribution in [0.25, 0.3) is 11.0 Å². The predicted molar refractivity (Wildman–Crippen MR) is 152 cm³/mol.